The van der Waals surface area contributed by atoms with E-state index in [-0.39, 0.29) is 24.3 Å². The molecule has 0 aromatic heterocycles. The lowest BCUT2D eigenvalue weighted by Crippen LogP contribution is -2.48. The maximum absolute atomic E-state index is 12.3. The van der Waals surface area contributed by atoms with E-state index in [1.54, 1.807) is 0 Å². The molecular formula is C13H24N2O4S. The highest BCUT2D eigenvalue weighted by Crippen LogP contribution is 2.33. The third-order valence-corrected chi connectivity index (χ3v) is 5.85. The van der Waals surface area contributed by atoms with Crippen molar-refractivity contribution in [2.24, 2.45) is 5.92 Å². The van der Waals surface area contributed by atoms with Gasteiger partial charge in [-0.25, -0.2) is 0 Å². The van der Waals surface area contributed by atoms with Crippen molar-refractivity contribution >= 4 is 16.0 Å². The van der Waals surface area contributed by atoms with Gasteiger partial charge in [-0.3, -0.25) is 4.79 Å². The first-order chi connectivity index (χ1) is 9.56. The summed E-state index contributed by atoms with van der Waals surface area (Å²) in [7, 11) is -1.97. The molecule has 1 saturated carbocycles. The van der Waals surface area contributed by atoms with Crippen LogP contribution < -0.4 is 4.72 Å². The summed E-state index contributed by atoms with van der Waals surface area (Å²) < 4.78 is 33.5. The zero-order valence-electron chi connectivity index (χ0n) is 12.0. The van der Waals surface area contributed by atoms with Crippen LogP contribution in [0.3, 0.4) is 0 Å². The van der Waals surface area contributed by atoms with Crippen LogP contribution in [-0.4, -0.2) is 51.4 Å². The summed E-state index contributed by atoms with van der Waals surface area (Å²) in [5.74, 6) is 0.130. The van der Waals surface area contributed by atoms with Crippen LogP contribution in [0.25, 0.3) is 0 Å². The van der Waals surface area contributed by atoms with Gasteiger partial charge in [0.05, 0.1) is 6.61 Å². The molecule has 0 radical (unpaired) electrons. The Hall–Kier alpha value is -0.500. The SMILES string of the molecule is COCCNS(=O)(=O)N1CCCC1C1CCCCC1=O. The number of rotatable bonds is 6. The molecule has 0 spiro atoms. The van der Waals surface area contributed by atoms with E-state index >= 15 is 0 Å². The lowest BCUT2D eigenvalue weighted by molar-refractivity contribution is -0.126. The minimum atomic E-state index is -3.50. The van der Waals surface area contributed by atoms with Crippen molar-refractivity contribution in [2.75, 3.05) is 26.8 Å². The molecule has 1 N–H and O–H groups in total. The van der Waals surface area contributed by atoms with Crippen LogP contribution in [-0.2, 0) is 19.7 Å². The van der Waals surface area contributed by atoms with Crippen LogP contribution in [0, 0.1) is 5.92 Å². The normalized spacial score (nSPS) is 28.9. The fourth-order valence-corrected chi connectivity index (χ4v) is 4.72. The lowest BCUT2D eigenvalue weighted by Gasteiger charge is -2.32. The summed E-state index contributed by atoms with van der Waals surface area (Å²) >= 11 is 0. The Bertz CT molecular complexity index is 438. The smallest absolute Gasteiger partial charge is 0.279 e. The minimum Gasteiger partial charge on any atom is -0.383 e. The molecule has 1 saturated heterocycles. The van der Waals surface area contributed by atoms with Crippen molar-refractivity contribution in [3.8, 4) is 0 Å². The number of hydrogen-bond acceptors (Lipinski definition) is 4. The van der Waals surface area contributed by atoms with Gasteiger partial charge in [0, 0.05) is 38.6 Å². The Morgan fingerprint density at radius 2 is 2.10 bits per heavy atom. The van der Waals surface area contributed by atoms with Gasteiger partial charge >= 0.3 is 0 Å². The summed E-state index contributed by atoms with van der Waals surface area (Å²) in [5.41, 5.74) is 0. The Balaban J connectivity index is 2.04. The number of hydrogen-bond donors (Lipinski definition) is 1. The average molecular weight is 304 g/mol. The van der Waals surface area contributed by atoms with Crippen molar-refractivity contribution in [3.63, 3.8) is 0 Å². The third kappa shape index (κ3) is 3.58. The van der Waals surface area contributed by atoms with E-state index in [0.717, 1.165) is 32.1 Å². The van der Waals surface area contributed by atoms with Gasteiger partial charge in [-0.1, -0.05) is 6.42 Å². The first kappa shape index (κ1) is 15.9. The van der Waals surface area contributed by atoms with Gasteiger partial charge in [0.15, 0.2) is 0 Å². The largest absolute Gasteiger partial charge is 0.383 e. The lowest BCUT2D eigenvalue weighted by atomic mass is 9.82. The van der Waals surface area contributed by atoms with Crippen LogP contribution in [0.4, 0.5) is 0 Å². The van der Waals surface area contributed by atoms with Crippen molar-refractivity contribution in [1.82, 2.24) is 9.03 Å². The van der Waals surface area contributed by atoms with E-state index in [4.69, 9.17) is 4.74 Å². The molecule has 7 heteroatoms. The van der Waals surface area contributed by atoms with E-state index in [0.29, 0.717) is 19.6 Å². The third-order valence-electron chi connectivity index (χ3n) is 4.21. The molecule has 1 heterocycles. The highest BCUT2D eigenvalue weighted by atomic mass is 32.2. The highest BCUT2D eigenvalue weighted by Gasteiger charge is 2.41. The Morgan fingerprint density at radius 1 is 1.30 bits per heavy atom. The summed E-state index contributed by atoms with van der Waals surface area (Å²) in [6.45, 7) is 1.12. The maximum Gasteiger partial charge on any atom is 0.279 e. The Morgan fingerprint density at radius 3 is 2.80 bits per heavy atom. The van der Waals surface area contributed by atoms with Gasteiger partial charge in [0.25, 0.3) is 10.2 Å². The predicted molar refractivity (Wildman–Crippen MR) is 75.5 cm³/mol. The summed E-state index contributed by atoms with van der Waals surface area (Å²) in [5, 5.41) is 0. The first-order valence-electron chi connectivity index (χ1n) is 7.34. The molecule has 1 aliphatic carbocycles. The van der Waals surface area contributed by atoms with Gasteiger partial charge in [-0.15, -0.1) is 0 Å². The van der Waals surface area contributed by atoms with Crippen molar-refractivity contribution in [2.45, 2.75) is 44.6 Å². The molecule has 1 aliphatic heterocycles. The minimum absolute atomic E-state index is 0.106. The number of carbonyl (C=O) groups is 1. The molecule has 0 amide bonds. The quantitative estimate of drug-likeness (QED) is 0.733. The second-order valence-electron chi connectivity index (χ2n) is 5.53. The summed E-state index contributed by atoms with van der Waals surface area (Å²) in [4.78, 5) is 12.1. The zero-order chi connectivity index (χ0) is 14.6. The molecule has 2 rings (SSSR count). The van der Waals surface area contributed by atoms with Gasteiger partial charge < -0.3 is 4.74 Å². The van der Waals surface area contributed by atoms with E-state index in [9.17, 15) is 13.2 Å². The molecule has 20 heavy (non-hydrogen) atoms. The number of nitrogens with zero attached hydrogens (tertiary/aromatic N) is 1. The number of ketones is 1. The number of ether oxygens (including phenoxy) is 1. The molecular weight excluding hydrogens is 280 g/mol. The fourth-order valence-electron chi connectivity index (χ4n) is 3.24. The van der Waals surface area contributed by atoms with Crippen molar-refractivity contribution < 1.29 is 17.9 Å². The van der Waals surface area contributed by atoms with E-state index < -0.39 is 10.2 Å². The number of carbonyl (C=O) groups excluding carboxylic acids is 1. The maximum atomic E-state index is 12.3. The van der Waals surface area contributed by atoms with E-state index in [1.165, 1.54) is 11.4 Å². The fraction of sp³-hybridized carbons (Fsp3) is 0.923. The molecule has 0 bridgehead atoms. The van der Waals surface area contributed by atoms with Crippen LogP contribution in [0.2, 0.25) is 0 Å². The molecule has 116 valence electrons. The molecule has 2 atom stereocenters. The summed E-state index contributed by atoms with van der Waals surface area (Å²) in [6.07, 6.45) is 5.03. The standard InChI is InChI=1S/C13H24N2O4S/c1-19-10-8-14-20(17,18)15-9-4-6-12(15)11-5-2-3-7-13(11)16/h11-12,14H,2-10H2,1H3. The average Bonchev–Trinajstić information content (AvgIpc) is 2.89. The van der Waals surface area contributed by atoms with Crippen LogP contribution in [0.1, 0.15) is 38.5 Å². The zero-order valence-corrected chi connectivity index (χ0v) is 12.8. The molecule has 0 aromatic carbocycles. The van der Waals surface area contributed by atoms with Crippen LogP contribution in [0.15, 0.2) is 0 Å². The number of methoxy groups -OCH3 is 1. The molecule has 2 aliphatic rings. The van der Waals surface area contributed by atoms with Crippen molar-refractivity contribution in [1.29, 1.82) is 0 Å². The summed E-state index contributed by atoms with van der Waals surface area (Å²) in [6, 6.07) is -0.150. The van der Waals surface area contributed by atoms with Gasteiger partial charge in [0.1, 0.15) is 5.78 Å². The van der Waals surface area contributed by atoms with Gasteiger partial charge in [-0.2, -0.15) is 17.4 Å². The topological polar surface area (TPSA) is 75.7 Å². The van der Waals surface area contributed by atoms with Crippen LogP contribution in [0.5, 0.6) is 0 Å². The second-order valence-corrected chi connectivity index (χ2v) is 7.24. The number of Topliss-reactive ketones (excluding diaryl/α,β-unsaturated/α-hetero) is 1. The molecule has 2 unspecified atom stereocenters. The van der Waals surface area contributed by atoms with E-state index in [1.807, 2.05) is 0 Å². The Kier molecular flexibility index (Phi) is 5.54. The van der Waals surface area contributed by atoms with Crippen LogP contribution >= 0.6 is 0 Å². The van der Waals surface area contributed by atoms with Gasteiger partial charge in [-0.05, 0) is 25.7 Å². The molecule has 6 nitrogen and oxygen atoms in total. The number of nitrogens with one attached hydrogen (secondary N) is 1. The monoisotopic (exact) mass is 304 g/mol. The predicted octanol–water partition coefficient (Wildman–Crippen LogP) is 0.691. The van der Waals surface area contributed by atoms with Gasteiger partial charge in [0.2, 0.25) is 0 Å². The molecule has 2 fully saturated rings. The van der Waals surface area contributed by atoms with Crippen molar-refractivity contribution in [3.05, 3.63) is 0 Å². The first-order valence-corrected chi connectivity index (χ1v) is 8.78. The van der Waals surface area contributed by atoms with E-state index in [2.05, 4.69) is 4.72 Å². The second kappa shape index (κ2) is 6.98. The molecule has 0 aromatic rings. The highest BCUT2D eigenvalue weighted by molar-refractivity contribution is 7.87. The Labute approximate surface area is 121 Å².